The van der Waals surface area contributed by atoms with Crippen molar-refractivity contribution in [3.05, 3.63) is 106 Å². The van der Waals surface area contributed by atoms with Crippen LogP contribution < -0.4 is 10.2 Å². The second-order valence-electron chi connectivity index (χ2n) is 11.4. The Morgan fingerprint density at radius 2 is 1.89 bits per heavy atom. The fraction of sp³-hybridized carbons (Fsp3) is 0.257. The van der Waals surface area contributed by atoms with Crippen molar-refractivity contribution in [3.8, 4) is 21.7 Å². The quantitative estimate of drug-likeness (QED) is 0.200. The van der Waals surface area contributed by atoms with Crippen LogP contribution in [0, 0.1) is 12.7 Å². The van der Waals surface area contributed by atoms with Crippen LogP contribution in [0.5, 0.6) is 0 Å². The van der Waals surface area contributed by atoms with Gasteiger partial charge in [0.1, 0.15) is 11.5 Å². The van der Waals surface area contributed by atoms with Gasteiger partial charge in [-0.1, -0.05) is 36.4 Å². The van der Waals surface area contributed by atoms with Crippen LogP contribution in [0.15, 0.2) is 72.9 Å². The standard InChI is InChI=1S/C35H32FN5O3S/c1-21-7-5-9-26(36)31(21)38-34(42)30-19-23-15-16-41(29-12-4-3-8-24(29)33(23)45-30)35(43)28-11-6-10-27(37-28)25-20-40(17-18-44-2)39-32(25)22-13-14-22/h3-12,19-20,22H,13-18H2,1-2H3,(H,38,42). The highest BCUT2D eigenvalue weighted by Gasteiger charge is 2.31. The number of pyridine rings is 1. The van der Waals surface area contributed by atoms with E-state index in [-0.39, 0.29) is 17.5 Å². The molecule has 1 aliphatic carbocycles. The molecule has 10 heteroatoms. The second kappa shape index (κ2) is 12.0. The summed E-state index contributed by atoms with van der Waals surface area (Å²) in [5.41, 5.74) is 6.52. The summed E-state index contributed by atoms with van der Waals surface area (Å²) in [6, 6.07) is 19.9. The zero-order chi connectivity index (χ0) is 31.1. The van der Waals surface area contributed by atoms with Crippen molar-refractivity contribution in [1.82, 2.24) is 14.8 Å². The van der Waals surface area contributed by atoms with Gasteiger partial charge in [-0.3, -0.25) is 14.3 Å². The summed E-state index contributed by atoms with van der Waals surface area (Å²) >= 11 is 1.35. The van der Waals surface area contributed by atoms with Gasteiger partial charge < -0.3 is 15.0 Å². The highest BCUT2D eigenvalue weighted by atomic mass is 32.1. The Hall–Kier alpha value is -4.67. The van der Waals surface area contributed by atoms with Gasteiger partial charge in [0, 0.05) is 41.8 Å². The molecule has 0 bridgehead atoms. The van der Waals surface area contributed by atoms with Gasteiger partial charge in [-0.15, -0.1) is 11.3 Å². The second-order valence-corrected chi connectivity index (χ2v) is 12.5. The number of thiophene rings is 1. The number of para-hydroxylation sites is 2. The lowest BCUT2D eigenvalue weighted by molar-refractivity contribution is 0.0981. The van der Waals surface area contributed by atoms with E-state index in [9.17, 15) is 14.0 Å². The lowest BCUT2D eigenvalue weighted by Gasteiger charge is -2.23. The number of carbonyl (C=O) groups excluding carboxylic acids is 2. The number of methoxy groups -OCH3 is 1. The largest absolute Gasteiger partial charge is 0.383 e. The van der Waals surface area contributed by atoms with E-state index in [2.05, 4.69) is 5.32 Å². The maximum absolute atomic E-state index is 14.4. The summed E-state index contributed by atoms with van der Waals surface area (Å²) < 4.78 is 21.6. The lowest BCUT2D eigenvalue weighted by Crippen LogP contribution is -2.33. The minimum Gasteiger partial charge on any atom is -0.383 e. The molecule has 0 spiro atoms. The van der Waals surface area contributed by atoms with Crippen LogP contribution in [0.3, 0.4) is 0 Å². The van der Waals surface area contributed by atoms with Crippen LogP contribution in [-0.2, 0) is 17.7 Å². The zero-order valence-corrected chi connectivity index (χ0v) is 25.9. The minimum atomic E-state index is -0.470. The Bertz CT molecular complexity index is 1910. The smallest absolute Gasteiger partial charge is 0.276 e. The molecule has 0 unspecified atom stereocenters. The van der Waals surface area contributed by atoms with Crippen LogP contribution in [0.4, 0.5) is 15.8 Å². The van der Waals surface area contributed by atoms with Gasteiger partial charge in [-0.05, 0) is 67.6 Å². The van der Waals surface area contributed by atoms with Crippen molar-refractivity contribution in [2.24, 2.45) is 0 Å². The molecule has 2 aromatic carbocycles. The summed E-state index contributed by atoms with van der Waals surface area (Å²) in [5.74, 6) is -0.595. The molecule has 3 aromatic heterocycles. The number of nitrogens with one attached hydrogen (secondary N) is 1. The van der Waals surface area contributed by atoms with E-state index in [4.69, 9.17) is 14.8 Å². The molecule has 45 heavy (non-hydrogen) atoms. The fourth-order valence-electron chi connectivity index (χ4n) is 5.82. The molecule has 0 radical (unpaired) electrons. The van der Waals surface area contributed by atoms with Crippen molar-refractivity contribution in [2.45, 2.75) is 38.6 Å². The number of rotatable bonds is 8. The van der Waals surface area contributed by atoms with E-state index in [0.717, 1.165) is 51.5 Å². The molecule has 1 saturated carbocycles. The van der Waals surface area contributed by atoms with E-state index in [1.165, 1.54) is 17.4 Å². The van der Waals surface area contributed by atoms with Crippen LogP contribution >= 0.6 is 11.3 Å². The molecule has 4 heterocycles. The van der Waals surface area contributed by atoms with Gasteiger partial charge in [0.2, 0.25) is 0 Å². The number of ether oxygens (including phenoxy) is 1. The van der Waals surface area contributed by atoms with E-state index < -0.39 is 5.82 Å². The van der Waals surface area contributed by atoms with Gasteiger partial charge in [0.15, 0.2) is 0 Å². The van der Waals surface area contributed by atoms with Crippen molar-refractivity contribution >= 4 is 34.5 Å². The van der Waals surface area contributed by atoms with Crippen molar-refractivity contribution in [2.75, 3.05) is 30.5 Å². The molecule has 1 N–H and O–H groups in total. The minimum absolute atomic E-state index is 0.185. The number of nitrogens with zero attached hydrogens (tertiary/aromatic N) is 4. The first-order valence-electron chi connectivity index (χ1n) is 15.1. The third kappa shape index (κ3) is 5.67. The monoisotopic (exact) mass is 621 g/mol. The molecule has 1 fully saturated rings. The predicted octanol–water partition coefficient (Wildman–Crippen LogP) is 7.10. The first-order chi connectivity index (χ1) is 21.9. The highest BCUT2D eigenvalue weighted by Crippen LogP contribution is 2.44. The number of halogens is 1. The molecule has 8 nitrogen and oxygen atoms in total. The first kappa shape index (κ1) is 29.1. The molecule has 2 aliphatic rings. The molecule has 5 aromatic rings. The number of hydrogen-bond acceptors (Lipinski definition) is 6. The van der Waals surface area contributed by atoms with E-state index in [0.29, 0.717) is 48.2 Å². The summed E-state index contributed by atoms with van der Waals surface area (Å²) in [5, 5.41) is 7.56. The van der Waals surface area contributed by atoms with Crippen molar-refractivity contribution in [1.29, 1.82) is 0 Å². The third-order valence-corrected chi connectivity index (χ3v) is 9.51. The maximum atomic E-state index is 14.4. The number of aryl methyl sites for hydroxylation is 1. The normalized spacial score (nSPS) is 14.1. The SMILES string of the molecule is COCCn1cc(-c2cccc(C(=O)N3CCc4cc(C(=O)Nc5c(C)cccc5F)sc4-c4ccccc43)n2)c(C2CC2)n1. The van der Waals surface area contributed by atoms with Crippen LogP contribution in [0.25, 0.3) is 21.7 Å². The van der Waals surface area contributed by atoms with Crippen molar-refractivity contribution in [3.63, 3.8) is 0 Å². The van der Waals surface area contributed by atoms with Gasteiger partial charge in [-0.25, -0.2) is 9.37 Å². The van der Waals surface area contributed by atoms with Gasteiger partial charge in [-0.2, -0.15) is 5.10 Å². The maximum Gasteiger partial charge on any atom is 0.276 e. The number of aromatic nitrogens is 3. The Morgan fingerprint density at radius 1 is 1.07 bits per heavy atom. The number of anilines is 2. The number of benzene rings is 2. The van der Waals surface area contributed by atoms with E-state index in [1.807, 2.05) is 53.3 Å². The van der Waals surface area contributed by atoms with E-state index >= 15 is 0 Å². The Balaban J connectivity index is 1.18. The topological polar surface area (TPSA) is 89.4 Å². The average molecular weight is 622 g/mol. The predicted molar refractivity (Wildman–Crippen MR) is 174 cm³/mol. The average Bonchev–Trinajstić information content (AvgIpc) is 3.71. The molecular formula is C35H32FN5O3S. The third-order valence-electron chi connectivity index (χ3n) is 8.31. The summed E-state index contributed by atoms with van der Waals surface area (Å²) in [4.78, 5) is 35.4. The molecule has 2 amide bonds. The summed E-state index contributed by atoms with van der Waals surface area (Å²) in [7, 11) is 1.67. The molecule has 0 saturated heterocycles. The fourth-order valence-corrected chi connectivity index (χ4v) is 6.96. The van der Waals surface area contributed by atoms with Gasteiger partial charge >= 0.3 is 0 Å². The molecule has 7 rings (SSSR count). The van der Waals surface area contributed by atoms with Crippen LogP contribution in [-0.4, -0.2) is 46.8 Å². The van der Waals surface area contributed by atoms with E-state index in [1.54, 1.807) is 37.1 Å². The first-order valence-corrected chi connectivity index (χ1v) is 15.9. The molecule has 0 atom stereocenters. The number of hydrogen-bond donors (Lipinski definition) is 1. The lowest BCUT2D eigenvalue weighted by atomic mass is 10.1. The Labute approximate surface area is 264 Å². The van der Waals surface area contributed by atoms with Crippen molar-refractivity contribution < 1.29 is 18.7 Å². The number of fused-ring (bicyclic) bond motifs is 3. The molecule has 1 aliphatic heterocycles. The number of carbonyl (C=O) groups is 2. The zero-order valence-electron chi connectivity index (χ0n) is 25.0. The summed E-state index contributed by atoms with van der Waals surface area (Å²) in [6.07, 6.45) is 4.77. The highest BCUT2D eigenvalue weighted by molar-refractivity contribution is 7.17. The Kier molecular flexibility index (Phi) is 7.76. The van der Waals surface area contributed by atoms with Gasteiger partial charge in [0.05, 0.1) is 40.8 Å². The Morgan fingerprint density at radius 3 is 2.69 bits per heavy atom. The van der Waals surface area contributed by atoms with Gasteiger partial charge in [0.25, 0.3) is 11.8 Å². The summed E-state index contributed by atoms with van der Waals surface area (Å²) in [6.45, 7) is 3.39. The molecular weight excluding hydrogens is 589 g/mol. The van der Waals surface area contributed by atoms with Crippen LogP contribution in [0.2, 0.25) is 0 Å². The number of amides is 2. The molecule has 228 valence electrons. The van der Waals surface area contributed by atoms with Crippen LogP contribution in [0.1, 0.15) is 55.7 Å².